The smallest absolute Gasteiger partial charge is 0.295 e. The van der Waals surface area contributed by atoms with Crippen LogP contribution >= 0.6 is 0 Å². The highest BCUT2D eigenvalue weighted by Crippen LogP contribution is 2.43. The number of aliphatic hydroxyl groups excluding tert-OH is 1. The van der Waals surface area contributed by atoms with Crippen molar-refractivity contribution in [2.45, 2.75) is 26.8 Å². The second kappa shape index (κ2) is 10.6. The van der Waals surface area contributed by atoms with Gasteiger partial charge in [0.05, 0.1) is 44.6 Å². The zero-order valence-corrected chi connectivity index (χ0v) is 20.4. The third-order valence-corrected chi connectivity index (χ3v) is 5.76. The molecule has 1 amide bonds. The maximum Gasteiger partial charge on any atom is 0.295 e. The number of ketones is 1. The number of ether oxygens (including phenoxy) is 4. The van der Waals surface area contributed by atoms with E-state index in [4.69, 9.17) is 18.9 Å². The molecule has 1 N–H and O–H groups in total. The zero-order chi connectivity index (χ0) is 25.0. The molecule has 3 rings (SSSR count). The number of Topliss-reactive ketones (excluding diaryl/α,β-unsaturated/α-hetero) is 1. The fourth-order valence-corrected chi connectivity index (χ4v) is 4.32. The van der Waals surface area contributed by atoms with Gasteiger partial charge in [0, 0.05) is 13.7 Å². The summed E-state index contributed by atoms with van der Waals surface area (Å²) in [5.41, 5.74) is 2.63. The van der Waals surface area contributed by atoms with Crippen molar-refractivity contribution < 1.29 is 33.6 Å². The molecule has 1 saturated heterocycles. The normalized spacial score (nSPS) is 17.2. The predicted molar refractivity (Wildman–Crippen MR) is 128 cm³/mol. The molecular formula is C26H31NO7. The van der Waals surface area contributed by atoms with Crippen LogP contribution in [0.4, 0.5) is 0 Å². The standard InChI is InChI=1S/C26H31NO7/c1-7-34-20-14-17(8-9-19(20)32-5)22-21(24(29)26(30)27(22)10-11-31-4)23(28)18-13-15(2)12-16(3)25(18)33-6/h8-9,12-14,22,28H,7,10-11H2,1-6H3/b23-21+. The number of rotatable bonds is 9. The van der Waals surface area contributed by atoms with Crippen LogP contribution in [0.3, 0.4) is 0 Å². The average molecular weight is 470 g/mol. The van der Waals surface area contributed by atoms with Crippen molar-refractivity contribution in [3.05, 3.63) is 58.2 Å². The monoisotopic (exact) mass is 469 g/mol. The summed E-state index contributed by atoms with van der Waals surface area (Å²) in [7, 11) is 4.56. The van der Waals surface area contributed by atoms with Crippen molar-refractivity contribution in [2.75, 3.05) is 41.1 Å². The van der Waals surface area contributed by atoms with E-state index in [9.17, 15) is 14.7 Å². The minimum absolute atomic E-state index is 0.0166. The van der Waals surface area contributed by atoms with Gasteiger partial charge in [-0.2, -0.15) is 0 Å². The number of aryl methyl sites for hydroxylation is 2. The predicted octanol–water partition coefficient (Wildman–Crippen LogP) is 3.79. The molecular weight excluding hydrogens is 438 g/mol. The van der Waals surface area contributed by atoms with Crippen LogP contribution in [0.2, 0.25) is 0 Å². The minimum Gasteiger partial charge on any atom is -0.507 e. The van der Waals surface area contributed by atoms with Gasteiger partial charge in [-0.05, 0) is 55.7 Å². The van der Waals surface area contributed by atoms with E-state index in [2.05, 4.69) is 0 Å². The maximum atomic E-state index is 13.2. The molecule has 0 aromatic heterocycles. The number of methoxy groups -OCH3 is 3. The van der Waals surface area contributed by atoms with Crippen LogP contribution in [0.1, 0.15) is 35.2 Å². The van der Waals surface area contributed by atoms with Crippen molar-refractivity contribution in [2.24, 2.45) is 0 Å². The summed E-state index contributed by atoms with van der Waals surface area (Å²) in [6, 6.07) is 8.01. The maximum absolute atomic E-state index is 13.2. The molecule has 1 atom stereocenters. The number of amides is 1. The first-order chi connectivity index (χ1) is 16.3. The number of aliphatic hydroxyl groups is 1. The van der Waals surface area contributed by atoms with Crippen LogP contribution in [0.25, 0.3) is 5.76 Å². The molecule has 1 unspecified atom stereocenters. The molecule has 1 heterocycles. The Morgan fingerprint density at radius 2 is 1.76 bits per heavy atom. The Morgan fingerprint density at radius 1 is 1.03 bits per heavy atom. The molecule has 8 heteroatoms. The first-order valence-corrected chi connectivity index (χ1v) is 11.0. The second-order valence-electron chi connectivity index (χ2n) is 7.99. The summed E-state index contributed by atoms with van der Waals surface area (Å²) in [6.45, 7) is 6.39. The third kappa shape index (κ3) is 4.59. The van der Waals surface area contributed by atoms with Gasteiger partial charge < -0.3 is 29.0 Å². The highest BCUT2D eigenvalue weighted by molar-refractivity contribution is 6.46. The molecule has 34 heavy (non-hydrogen) atoms. The van der Waals surface area contributed by atoms with Crippen LogP contribution in [-0.2, 0) is 14.3 Å². The third-order valence-electron chi connectivity index (χ3n) is 5.76. The van der Waals surface area contributed by atoms with E-state index < -0.39 is 17.7 Å². The molecule has 2 aromatic carbocycles. The van der Waals surface area contributed by atoms with Gasteiger partial charge in [0.1, 0.15) is 11.5 Å². The zero-order valence-electron chi connectivity index (χ0n) is 20.4. The van der Waals surface area contributed by atoms with E-state index >= 15 is 0 Å². The number of nitrogens with zero attached hydrogens (tertiary/aromatic N) is 1. The van der Waals surface area contributed by atoms with Gasteiger partial charge in [-0.25, -0.2) is 0 Å². The first kappa shape index (κ1) is 25.1. The van der Waals surface area contributed by atoms with Crippen molar-refractivity contribution in [1.29, 1.82) is 0 Å². The van der Waals surface area contributed by atoms with Gasteiger partial charge in [-0.15, -0.1) is 0 Å². The van der Waals surface area contributed by atoms with E-state index in [-0.39, 0.29) is 24.5 Å². The molecule has 1 aliphatic rings. The molecule has 0 aliphatic carbocycles. The van der Waals surface area contributed by atoms with Crippen molar-refractivity contribution in [1.82, 2.24) is 4.90 Å². The lowest BCUT2D eigenvalue weighted by Crippen LogP contribution is -2.32. The molecule has 8 nitrogen and oxygen atoms in total. The number of carbonyl (C=O) groups is 2. The number of hydrogen-bond acceptors (Lipinski definition) is 7. The quantitative estimate of drug-likeness (QED) is 0.339. The van der Waals surface area contributed by atoms with Crippen LogP contribution in [0, 0.1) is 13.8 Å². The first-order valence-electron chi connectivity index (χ1n) is 11.0. The highest BCUT2D eigenvalue weighted by atomic mass is 16.5. The minimum atomic E-state index is -0.842. The highest BCUT2D eigenvalue weighted by Gasteiger charge is 2.46. The Bertz CT molecular complexity index is 1120. The van der Waals surface area contributed by atoms with Crippen LogP contribution in [-0.4, -0.2) is 62.8 Å². The van der Waals surface area contributed by atoms with Gasteiger partial charge in [-0.3, -0.25) is 9.59 Å². The molecule has 0 saturated carbocycles. The Morgan fingerprint density at radius 3 is 2.38 bits per heavy atom. The Balaban J connectivity index is 2.28. The SMILES string of the molecule is CCOc1cc(C2/C(=C(\O)c3cc(C)cc(C)c3OC)C(=O)C(=O)N2CCOC)ccc1OC. The number of benzene rings is 2. The summed E-state index contributed by atoms with van der Waals surface area (Å²) in [4.78, 5) is 27.7. The molecule has 2 aromatic rings. The summed E-state index contributed by atoms with van der Waals surface area (Å²) in [5, 5.41) is 11.4. The molecule has 182 valence electrons. The van der Waals surface area contributed by atoms with E-state index in [1.165, 1.54) is 26.2 Å². The van der Waals surface area contributed by atoms with E-state index in [1.807, 2.05) is 26.8 Å². The van der Waals surface area contributed by atoms with E-state index in [0.29, 0.717) is 35.0 Å². The second-order valence-corrected chi connectivity index (χ2v) is 7.99. The Kier molecular flexibility index (Phi) is 7.83. The molecule has 1 fully saturated rings. The lowest BCUT2D eigenvalue weighted by molar-refractivity contribution is -0.140. The lowest BCUT2D eigenvalue weighted by atomic mass is 9.93. The van der Waals surface area contributed by atoms with Gasteiger partial charge in [0.15, 0.2) is 11.5 Å². The van der Waals surface area contributed by atoms with Crippen LogP contribution in [0.5, 0.6) is 17.2 Å². The lowest BCUT2D eigenvalue weighted by Gasteiger charge is -2.26. The van der Waals surface area contributed by atoms with Crippen molar-refractivity contribution in [3.8, 4) is 17.2 Å². The molecule has 0 bridgehead atoms. The largest absolute Gasteiger partial charge is 0.507 e. The average Bonchev–Trinajstić information content (AvgIpc) is 3.06. The van der Waals surface area contributed by atoms with E-state index in [1.54, 1.807) is 24.3 Å². The van der Waals surface area contributed by atoms with Crippen molar-refractivity contribution >= 4 is 17.4 Å². The Labute approximate surface area is 199 Å². The molecule has 0 radical (unpaired) electrons. The summed E-state index contributed by atoms with van der Waals surface area (Å²) < 4.78 is 21.8. The van der Waals surface area contributed by atoms with Crippen LogP contribution in [0.15, 0.2) is 35.9 Å². The van der Waals surface area contributed by atoms with Crippen LogP contribution < -0.4 is 14.2 Å². The molecule has 0 spiro atoms. The number of hydrogen-bond donors (Lipinski definition) is 1. The van der Waals surface area contributed by atoms with Gasteiger partial charge in [-0.1, -0.05) is 12.1 Å². The topological polar surface area (TPSA) is 94.5 Å². The molecule has 1 aliphatic heterocycles. The fraction of sp³-hybridized carbons (Fsp3) is 0.385. The Hall–Kier alpha value is -3.52. The summed E-state index contributed by atoms with van der Waals surface area (Å²) >= 11 is 0. The van der Waals surface area contributed by atoms with Gasteiger partial charge >= 0.3 is 0 Å². The van der Waals surface area contributed by atoms with Gasteiger partial charge in [0.25, 0.3) is 11.7 Å². The number of likely N-dealkylation sites (tertiary alicyclic amines) is 1. The summed E-state index contributed by atoms with van der Waals surface area (Å²) in [6.07, 6.45) is 0. The summed E-state index contributed by atoms with van der Waals surface area (Å²) in [5.74, 6) is -0.330. The number of carbonyl (C=O) groups excluding carboxylic acids is 2. The van der Waals surface area contributed by atoms with Gasteiger partial charge in [0.2, 0.25) is 0 Å². The fourth-order valence-electron chi connectivity index (χ4n) is 4.32. The van der Waals surface area contributed by atoms with E-state index in [0.717, 1.165) is 11.1 Å². The van der Waals surface area contributed by atoms with Crippen molar-refractivity contribution in [3.63, 3.8) is 0 Å².